The van der Waals surface area contributed by atoms with Gasteiger partial charge in [-0.25, -0.2) is 15.0 Å². The number of hydrogen-bond acceptors (Lipinski definition) is 7. The molecule has 1 amide bonds. The van der Waals surface area contributed by atoms with Gasteiger partial charge in [-0.1, -0.05) is 29.2 Å². The third-order valence-electron chi connectivity index (χ3n) is 3.06. The molecule has 0 saturated heterocycles. The number of carbonyl (C=O) groups is 1. The van der Waals surface area contributed by atoms with E-state index in [4.69, 9.17) is 4.99 Å². The minimum Gasteiger partial charge on any atom is -0.320 e. The molecule has 2 N–H and O–H groups in total. The lowest BCUT2D eigenvalue weighted by atomic mass is 10.1. The minimum atomic E-state index is -0.337. The Labute approximate surface area is 136 Å². The molecule has 114 valence electrons. The van der Waals surface area contributed by atoms with Crippen molar-refractivity contribution in [2.45, 2.75) is 19.4 Å². The second-order valence-electron chi connectivity index (χ2n) is 5.03. The predicted octanol–water partition coefficient (Wildman–Crippen LogP) is 2.93. The fourth-order valence-corrected chi connectivity index (χ4v) is 4.09. The molecule has 1 aliphatic heterocycles. The van der Waals surface area contributed by atoms with Gasteiger partial charge in [-0.3, -0.25) is 4.79 Å². The number of anilines is 2. The van der Waals surface area contributed by atoms with Gasteiger partial charge < -0.3 is 10.6 Å². The first kappa shape index (κ1) is 15.0. The van der Waals surface area contributed by atoms with Crippen molar-refractivity contribution in [3.8, 4) is 0 Å². The lowest BCUT2D eigenvalue weighted by Crippen LogP contribution is -2.17. The van der Waals surface area contributed by atoms with Crippen molar-refractivity contribution in [3.05, 3.63) is 35.5 Å². The first-order valence-corrected chi connectivity index (χ1v) is 8.50. The summed E-state index contributed by atoms with van der Waals surface area (Å²) in [6.07, 6.45) is 3.52. The van der Waals surface area contributed by atoms with Crippen LogP contribution in [-0.2, 0) is 10.3 Å². The average Bonchev–Trinajstić information content (AvgIpc) is 3.08. The Morgan fingerprint density at radius 1 is 1.36 bits per heavy atom. The zero-order valence-corrected chi connectivity index (χ0v) is 13.8. The van der Waals surface area contributed by atoms with Crippen molar-refractivity contribution in [2.24, 2.45) is 4.99 Å². The molecule has 6 nitrogen and oxygen atoms in total. The smallest absolute Gasteiger partial charge is 0.223 e. The Morgan fingerprint density at radius 2 is 2.23 bits per heavy atom. The van der Waals surface area contributed by atoms with Crippen LogP contribution in [0.25, 0.3) is 0 Å². The number of nitrogens with zero attached hydrogens (tertiary/aromatic N) is 3. The number of thiazole rings is 1. The lowest BCUT2D eigenvalue weighted by molar-refractivity contribution is -0.114. The molecule has 2 aromatic heterocycles. The molecule has 0 aromatic carbocycles. The first-order valence-electron chi connectivity index (χ1n) is 6.70. The van der Waals surface area contributed by atoms with Crippen molar-refractivity contribution in [1.82, 2.24) is 9.97 Å². The summed E-state index contributed by atoms with van der Waals surface area (Å²) in [5.74, 6) is 1.48. The quantitative estimate of drug-likeness (QED) is 0.903. The lowest BCUT2D eigenvalue weighted by Gasteiger charge is -2.16. The Hall–Kier alpha value is -1.93. The van der Waals surface area contributed by atoms with Crippen molar-refractivity contribution in [1.29, 1.82) is 0 Å². The molecule has 0 radical (unpaired) electrons. The summed E-state index contributed by atoms with van der Waals surface area (Å²) >= 11 is 3.11. The van der Waals surface area contributed by atoms with Crippen LogP contribution in [0, 0.1) is 0 Å². The summed E-state index contributed by atoms with van der Waals surface area (Å²) in [6, 6.07) is 5.71. The van der Waals surface area contributed by atoms with Crippen LogP contribution in [0.5, 0.6) is 0 Å². The number of amidine groups is 1. The van der Waals surface area contributed by atoms with Crippen LogP contribution in [0.3, 0.4) is 0 Å². The van der Waals surface area contributed by atoms with Crippen molar-refractivity contribution in [2.75, 3.05) is 16.4 Å². The van der Waals surface area contributed by atoms with E-state index in [9.17, 15) is 4.79 Å². The fraction of sp³-hybridized carbons (Fsp3) is 0.286. The Bertz CT molecular complexity index is 715. The Morgan fingerprint density at radius 3 is 2.95 bits per heavy atom. The number of thioether (sulfide) groups is 1. The van der Waals surface area contributed by atoms with Gasteiger partial charge in [-0.2, -0.15) is 0 Å². The summed E-state index contributed by atoms with van der Waals surface area (Å²) < 4.78 is 0. The minimum absolute atomic E-state index is 0.118. The Kier molecular flexibility index (Phi) is 4.12. The molecule has 1 atom stereocenters. The van der Waals surface area contributed by atoms with Crippen LogP contribution in [0.1, 0.15) is 18.7 Å². The van der Waals surface area contributed by atoms with Gasteiger partial charge in [0.25, 0.3) is 0 Å². The first-order chi connectivity index (χ1) is 10.5. The van der Waals surface area contributed by atoms with Crippen LogP contribution in [0.2, 0.25) is 0 Å². The van der Waals surface area contributed by atoms with Gasteiger partial charge >= 0.3 is 0 Å². The molecule has 0 spiro atoms. The molecule has 0 bridgehead atoms. The molecule has 1 aliphatic rings. The highest BCUT2D eigenvalue weighted by molar-refractivity contribution is 8.14. The van der Waals surface area contributed by atoms with Gasteiger partial charge in [0.1, 0.15) is 11.4 Å². The number of carbonyl (C=O) groups excluding carboxylic acids is 1. The van der Waals surface area contributed by atoms with E-state index in [0.29, 0.717) is 5.13 Å². The summed E-state index contributed by atoms with van der Waals surface area (Å²) in [5.41, 5.74) is -0.337. The van der Waals surface area contributed by atoms with Crippen LogP contribution < -0.4 is 10.6 Å². The number of rotatable bonds is 3. The molecule has 22 heavy (non-hydrogen) atoms. The molecule has 1 unspecified atom stereocenters. The molecular formula is C14H15N5OS2. The van der Waals surface area contributed by atoms with Crippen molar-refractivity contribution in [3.63, 3.8) is 0 Å². The number of nitrogens with one attached hydrogen (secondary N) is 2. The van der Waals surface area contributed by atoms with E-state index in [1.807, 2.05) is 18.2 Å². The van der Waals surface area contributed by atoms with E-state index >= 15 is 0 Å². The molecule has 3 heterocycles. The molecule has 8 heteroatoms. The third-order valence-corrected chi connectivity index (χ3v) is 5.40. The number of hydrogen-bond donors (Lipinski definition) is 2. The number of aromatic nitrogens is 2. The van der Waals surface area contributed by atoms with E-state index in [1.54, 1.807) is 24.2 Å². The van der Waals surface area contributed by atoms with E-state index < -0.39 is 0 Å². The molecule has 0 aliphatic carbocycles. The van der Waals surface area contributed by atoms with Gasteiger partial charge in [-0.15, -0.1) is 0 Å². The highest BCUT2D eigenvalue weighted by Gasteiger charge is 2.34. The SMILES string of the molecule is CC(=O)Nc1ncc(C2(C)CSC(Nc3ccccn3)=N2)s1. The van der Waals surface area contributed by atoms with E-state index in [-0.39, 0.29) is 11.4 Å². The summed E-state index contributed by atoms with van der Waals surface area (Å²) in [7, 11) is 0. The fourth-order valence-electron chi connectivity index (χ4n) is 1.97. The molecule has 0 fully saturated rings. The van der Waals surface area contributed by atoms with E-state index in [1.165, 1.54) is 18.3 Å². The van der Waals surface area contributed by atoms with Crippen molar-refractivity contribution < 1.29 is 4.79 Å². The maximum Gasteiger partial charge on any atom is 0.223 e. The molecule has 0 saturated carbocycles. The van der Waals surface area contributed by atoms with Gasteiger partial charge in [-0.05, 0) is 19.1 Å². The van der Waals surface area contributed by atoms with Gasteiger partial charge in [0.2, 0.25) is 5.91 Å². The van der Waals surface area contributed by atoms with Crippen LogP contribution in [0.4, 0.5) is 10.9 Å². The highest BCUT2D eigenvalue weighted by atomic mass is 32.2. The second kappa shape index (κ2) is 6.05. The van der Waals surface area contributed by atoms with E-state index in [0.717, 1.165) is 21.6 Å². The number of amides is 1. The monoisotopic (exact) mass is 333 g/mol. The molecule has 2 aromatic rings. The van der Waals surface area contributed by atoms with E-state index in [2.05, 4.69) is 27.5 Å². The molecule has 3 rings (SSSR count). The second-order valence-corrected chi connectivity index (χ2v) is 7.03. The number of pyridine rings is 1. The normalized spacial score (nSPS) is 20.5. The van der Waals surface area contributed by atoms with Crippen LogP contribution >= 0.6 is 23.1 Å². The predicted molar refractivity (Wildman–Crippen MR) is 91.5 cm³/mol. The standard InChI is InChI=1S/C14H15N5OS2/c1-9(20)17-12-16-7-10(22-12)14(2)8-21-13(19-14)18-11-5-3-4-6-15-11/h3-7H,8H2,1-2H3,(H,15,18,19)(H,16,17,20). The summed E-state index contributed by atoms with van der Waals surface area (Å²) in [5, 5.41) is 7.38. The van der Waals surface area contributed by atoms with Gasteiger partial charge in [0.05, 0.1) is 4.88 Å². The largest absolute Gasteiger partial charge is 0.320 e. The van der Waals surface area contributed by atoms with Crippen molar-refractivity contribution >= 4 is 45.1 Å². The summed E-state index contributed by atoms with van der Waals surface area (Å²) in [4.78, 5) is 25.3. The highest BCUT2D eigenvalue weighted by Crippen LogP contribution is 2.40. The topological polar surface area (TPSA) is 79.3 Å². The maximum atomic E-state index is 11.1. The third kappa shape index (κ3) is 3.28. The zero-order valence-electron chi connectivity index (χ0n) is 12.2. The maximum absolute atomic E-state index is 11.1. The molecular weight excluding hydrogens is 318 g/mol. The average molecular weight is 333 g/mol. The number of aliphatic imine (C=N–C) groups is 1. The van der Waals surface area contributed by atoms with Crippen LogP contribution in [0.15, 0.2) is 35.6 Å². The van der Waals surface area contributed by atoms with Gasteiger partial charge in [0, 0.05) is 25.1 Å². The van der Waals surface area contributed by atoms with Gasteiger partial charge in [0.15, 0.2) is 10.3 Å². The van der Waals surface area contributed by atoms with Crippen LogP contribution in [-0.4, -0.2) is 26.8 Å². The summed E-state index contributed by atoms with van der Waals surface area (Å²) in [6.45, 7) is 3.54. The Balaban J connectivity index is 1.76. The zero-order chi connectivity index (χ0) is 15.6.